The molecule has 1 aromatic heterocycles. The summed E-state index contributed by atoms with van der Waals surface area (Å²) in [6, 6.07) is 4.63. The number of aromatic amines is 1. The van der Waals surface area contributed by atoms with Crippen LogP contribution in [0.3, 0.4) is 0 Å². The Morgan fingerprint density at radius 1 is 1.19 bits per heavy atom. The van der Waals surface area contributed by atoms with E-state index < -0.39 is 0 Å². The average Bonchev–Trinajstić information content (AvgIpc) is 2.97. The topological polar surface area (TPSA) is 50.3 Å². The zero-order chi connectivity index (χ0) is 18.3. The number of rotatable bonds is 3. The zero-order valence-electron chi connectivity index (χ0n) is 15.6. The minimum atomic E-state index is -0.301. The minimum Gasteiger partial charge on any atom is -0.381 e. The molecule has 1 aromatic carbocycles. The number of methoxy groups -OCH3 is 1. The first-order valence-corrected chi connectivity index (χ1v) is 9.68. The number of likely N-dealkylation sites (tertiary alicyclic amines) is 1. The SMILES string of the molecule is COC1CCC(C)(N2CCC(n3c(=O)[nH]c4ccc(F)cc43)CC2)CC1. The van der Waals surface area contributed by atoms with Gasteiger partial charge in [0.2, 0.25) is 0 Å². The second kappa shape index (κ2) is 6.82. The number of aromatic nitrogens is 2. The first kappa shape index (κ1) is 17.7. The van der Waals surface area contributed by atoms with E-state index in [1.54, 1.807) is 17.7 Å². The van der Waals surface area contributed by atoms with Gasteiger partial charge in [0.25, 0.3) is 0 Å². The normalized spacial score (nSPS) is 28.7. The fourth-order valence-corrected chi connectivity index (χ4v) is 4.89. The Labute approximate surface area is 153 Å². The van der Waals surface area contributed by atoms with Gasteiger partial charge in [0.15, 0.2) is 0 Å². The lowest BCUT2D eigenvalue weighted by Crippen LogP contribution is -2.52. The number of piperidine rings is 1. The molecule has 1 saturated heterocycles. The lowest BCUT2D eigenvalue weighted by Gasteiger charge is -2.48. The van der Waals surface area contributed by atoms with E-state index in [-0.39, 0.29) is 23.1 Å². The maximum atomic E-state index is 13.7. The van der Waals surface area contributed by atoms with Gasteiger partial charge < -0.3 is 9.72 Å². The standard InChI is InChI=1S/C20H28FN3O2/c1-20(9-5-16(26-2)6-10-20)23-11-7-15(8-12-23)24-18-13-14(21)3-4-17(18)22-19(24)25/h3-4,13,15-16H,5-12H2,1-2H3,(H,22,25). The van der Waals surface area contributed by atoms with Crippen molar-refractivity contribution in [3.8, 4) is 0 Å². The third-order valence-corrected chi connectivity index (χ3v) is 6.62. The van der Waals surface area contributed by atoms with E-state index >= 15 is 0 Å². The average molecular weight is 361 g/mol. The summed E-state index contributed by atoms with van der Waals surface area (Å²) in [6.07, 6.45) is 6.81. The van der Waals surface area contributed by atoms with Gasteiger partial charge in [-0.2, -0.15) is 0 Å². The van der Waals surface area contributed by atoms with Crippen molar-refractivity contribution in [1.29, 1.82) is 0 Å². The van der Waals surface area contributed by atoms with Gasteiger partial charge in [-0.1, -0.05) is 0 Å². The van der Waals surface area contributed by atoms with Crippen LogP contribution in [0.1, 0.15) is 51.5 Å². The number of hydrogen-bond donors (Lipinski definition) is 1. The third kappa shape index (κ3) is 3.09. The van der Waals surface area contributed by atoms with Gasteiger partial charge in [0, 0.05) is 31.8 Å². The molecule has 1 saturated carbocycles. The highest BCUT2D eigenvalue weighted by Gasteiger charge is 2.38. The highest BCUT2D eigenvalue weighted by atomic mass is 19.1. The fraction of sp³-hybridized carbons (Fsp3) is 0.650. The van der Waals surface area contributed by atoms with Crippen molar-refractivity contribution in [1.82, 2.24) is 14.5 Å². The molecule has 26 heavy (non-hydrogen) atoms. The van der Waals surface area contributed by atoms with Crippen LogP contribution >= 0.6 is 0 Å². The van der Waals surface area contributed by atoms with Gasteiger partial charge >= 0.3 is 5.69 Å². The Hall–Kier alpha value is -1.66. The lowest BCUT2D eigenvalue weighted by atomic mass is 9.79. The Kier molecular flexibility index (Phi) is 4.65. The molecule has 0 spiro atoms. The summed E-state index contributed by atoms with van der Waals surface area (Å²) < 4.78 is 20.9. The van der Waals surface area contributed by atoms with Crippen LogP contribution in [0.5, 0.6) is 0 Å². The number of H-pyrrole nitrogens is 1. The Morgan fingerprint density at radius 2 is 1.88 bits per heavy atom. The molecular formula is C20H28FN3O2. The number of nitrogens with one attached hydrogen (secondary N) is 1. The number of imidazole rings is 1. The van der Waals surface area contributed by atoms with Gasteiger partial charge in [-0.15, -0.1) is 0 Å². The van der Waals surface area contributed by atoms with Crippen molar-refractivity contribution in [3.63, 3.8) is 0 Å². The number of benzene rings is 1. The monoisotopic (exact) mass is 361 g/mol. The van der Waals surface area contributed by atoms with Crippen molar-refractivity contribution in [3.05, 3.63) is 34.5 Å². The molecule has 0 unspecified atom stereocenters. The van der Waals surface area contributed by atoms with Gasteiger partial charge in [-0.25, -0.2) is 9.18 Å². The van der Waals surface area contributed by atoms with Crippen LogP contribution in [-0.2, 0) is 4.74 Å². The fourth-order valence-electron chi connectivity index (χ4n) is 4.89. The van der Waals surface area contributed by atoms with E-state index in [9.17, 15) is 9.18 Å². The van der Waals surface area contributed by atoms with Crippen LogP contribution in [0.2, 0.25) is 0 Å². The maximum absolute atomic E-state index is 13.7. The summed E-state index contributed by atoms with van der Waals surface area (Å²) in [5, 5.41) is 0. The Bertz CT molecular complexity index is 827. The molecule has 2 aromatic rings. The quantitative estimate of drug-likeness (QED) is 0.911. The summed E-state index contributed by atoms with van der Waals surface area (Å²) in [7, 11) is 1.81. The smallest absolute Gasteiger partial charge is 0.326 e. The van der Waals surface area contributed by atoms with Gasteiger partial charge in [-0.05, 0) is 63.6 Å². The molecule has 2 heterocycles. The van der Waals surface area contributed by atoms with E-state index in [0.717, 1.165) is 51.6 Å². The molecular weight excluding hydrogens is 333 g/mol. The van der Waals surface area contributed by atoms with Crippen LogP contribution in [0.25, 0.3) is 11.0 Å². The van der Waals surface area contributed by atoms with Crippen LogP contribution in [-0.4, -0.2) is 46.3 Å². The third-order valence-electron chi connectivity index (χ3n) is 6.62. The van der Waals surface area contributed by atoms with Crippen LogP contribution in [0, 0.1) is 5.82 Å². The maximum Gasteiger partial charge on any atom is 0.326 e. The summed E-state index contributed by atoms with van der Waals surface area (Å²) in [4.78, 5) is 17.9. The van der Waals surface area contributed by atoms with E-state index in [1.165, 1.54) is 12.1 Å². The van der Waals surface area contributed by atoms with Crippen molar-refractivity contribution >= 4 is 11.0 Å². The predicted molar refractivity (Wildman–Crippen MR) is 100 cm³/mol. The second-order valence-corrected chi connectivity index (χ2v) is 8.11. The molecule has 4 rings (SSSR count). The first-order chi connectivity index (χ1) is 12.5. The summed E-state index contributed by atoms with van der Waals surface area (Å²) >= 11 is 0. The van der Waals surface area contributed by atoms with Crippen molar-refractivity contribution in [2.45, 2.75) is 63.1 Å². The number of fused-ring (bicyclic) bond motifs is 1. The summed E-state index contributed by atoms with van der Waals surface area (Å²) in [5.74, 6) is -0.301. The Morgan fingerprint density at radius 3 is 2.54 bits per heavy atom. The highest BCUT2D eigenvalue weighted by Crippen LogP contribution is 2.37. The molecule has 1 N–H and O–H groups in total. The van der Waals surface area contributed by atoms with Crippen LogP contribution < -0.4 is 5.69 Å². The molecule has 0 bridgehead atoms. The summed E-state index contributed by atoms with van der Waals surface area (Å²) in [5.41, 5.74) is 1.50. The number of hydrogen-bond acceptors (Lipinski definition) is 3. The predicted octanol–water partition coefficient (Wildman–Crippen LogP) is 3.45. The van der Waals surface area contributed by atoms with Crippen molar-refractivity contribution in [2.75, 3.05) is 20.2 Å². The van der Waals surface area contributed by atoms with Crippen molar-refractivity contribution in [2.24, 2.45) is 0 Å². The molecule has 1 aliphatic heterocycles. The van der Waals surface area contributed by atoms with Crippen LogP contribution in [0.4, 0.5) is 4.39 Å². The molecule has 0 radical (unpaired) electrons. The second-order valence-electron chi connectivity index (χ2n) is 8.11. The van der Waals surface area contributed by atoms with Gasteiger partial charge in [0.05, 0.1) is 17.1 Å². The van der Waals surface area contributed by atoms with Crippen molar-refractivity contribution < 1.29 is 9.13 Å². The number of nitrogens with zero attached hydrogens (tertiary/aromatic N) is 2. The van der Waals surface area contributed by atoms with Gasteiger partial charge in [0.1, 0.15) is 5.82 Å². The highest BCUT2D eigenvalue weighted by molar-refractivity contribution is 5.75. The van der Waals surface area contributed by atoms with Crippen LogP contribution in [0.15, 0.2) is 23.0 Å². The largest absolute Gasteiger partial charge is 0.381 e. The zero-order valence-corrected chi connectivity index (χ0v) is 15.6. The molecule has 6 heteroatoms. The molecule has 2 aliphatic rings. The van der Waals surface area contributed by atoms with E-state index in [0.29, 0.717) is 17.1 Å². The summed E-state index contributed by atoms with van der Waals surface area (Å²) in [6.45, 7) is 4.33. The van der Waals surface area contributed by atoms with E-state index in [2.05, 4.69) is 16.8 Å². The van der Waals surface area contributed by atoms with Gasteiger partial charge in [-0.3, -0.25) is 9.47 Å². The number of halogens is 1. The molecule has 1 aliphatic carbocycles. The number of ether oxygens (including phenoxy) is 1. The molecule has 0 atom stereocenters. The Balaban J connectivity index is 1.48. The molecule has 142 valence electrons. The molecule has 2 fully saturated rings. The molecule has 0 amide bonds. The first-order valence-electron chi connectivity index (χ1n) is 9.68. The molecule has 5 nitrogen and oxygen atoms in total. The van der Waals surface area contributed by atoms with E-state index in [1.807, 2.05) is 0 Å². The minimum absolute atomic E-state index is 0.129. The lowest BCUT2D eigenvalue weighted by molar-refractivity contribution is -0.0146. The van der Waals surface area contributed by atoms with E-state index in [4.69, 9.17) is 4.74 Å².